The van der Waals surface area contributed by atoms with Crippen LogP contribution in [-0.4, -0.2) is 29.5 Å². The molecule has 0 radical (unpaired) electrons. The molecule has 1 aliphatic heterocycles. The fourth-order valence-corrected chi connectivity index (χ4v) is 3.84. The lowest BCUT2D eigenvalue weighted by atomic mass is 9.68. The van der Waals surface area contributed by atoms with Crippen LogP contribution in [0.2, 0.25) is 0 Å². The summed E-state index contributed by atoms with van der Waals surface area (Å²) in [5.74, 6) is 0.598. The smallest absolute Gasteiger partial charge is 0.269 e. The molecule has 132 valence electrons. The molecule has 2 aromatic rings. The molecule has 0 aromatic heterocycles. The second kappa shape index (κ2) is 7.36. The predicted octanol–water partition coefficient (Wildman–Crippen LogP) is 4.44. The topological polar surface area (TPSA) is 46.4 Å². The van der Waals surface area contributed by atoms with Gasteiger partial charge in [-0.25, -0.2) is 0 Å². The van der Waals surface area contributed by atoms with E-state index in [1.165, 1.54) is 12.0 Å². The highest BCUT2D eigenvalue weighted by Crippen LogP contribution is 2.39. The van der Waals surface area contributed by atoms with E-state index in [1.807, 2.05) is 12.1 Å². The van der Waals surface area contributed by atoms with Crippen molar-refractivity contribution in [2.75, 3.05) is 19.6 Å². The molecule has 0 aliphatic carbocycles. The van der Waals surface area contributed by atoms with Crippen molar-refractivity contribution in [3.63, 3.8) is 0 Å². The zero-order chi connectivity index (χ0) is 17.9. The minimum Gasteiger partial charge on any atom is -0.303 e. The number of likely N-dealkylation sites (tertiary alicyclic amines) is 1. The third-order valence-electron chi connectivity index (χ3n) is 5.86. The normalized spacial score (nSPS) is 24.2. The zero-order valence-corrected chi connectivity index (χ0v) is 15.0. The number of hydrogen-bond donors (Lipinski definition) is 0. The van der Waals surface area contributed by atoms with Crippen LogP contribution in [-0.2, 0) is 11.8 Å². The summed E-state index contributed by atoms with van der Waals surface area (Å²) in [5.41, 5.74) is 3.01. The Morgan fingerprint density at radius 1 is 1.16 bits per heavy atom. The minimum atomic E-state index is -0.347. The summed E-state index contributed by atoms with van der Waals surface area (Å²) in [6, 6.07) is 17.8. The lowest BCUT2D eigenvalue weighted by molar-refractivity contribution is -0.384. The number of nitrogens with zero attached hydrogens (tertiary/aromatic N) is 2. The van der Waals surface area contributed by atoms with Gasteiger partial charge in [-0.2, -0.15) is 0 Å². The van der Waals surface area contributed by atoms with Gasteiger partial charge >= 0.3 is 0 Å². The summed E-state index contributed by atoms with van der Waals surface area (Å²) >= 11 is 0. The molecule has 3 rings (SSSR count). The average molecular weight is 338 g/mol. The van der Waals surface area contributed by atoms with E-state index in [-0.39, 0.29) is 16.0 Å². The van der Waals surface area contributed by atoms with E-state index < -0.39 is 0 Å². The molecule has 1 fully saturated rings. The Labute approximate surface area is 149 Å². The number of piperidine rings is 1. The highest BCUT2D eigenvalue weighted by atomic mass is 16.6. The molecule has 1 heterocycles. The summed E-state index contributed by atoms with van der Waals surface area (Å²) in [7, 11) is 0. The molecule has 1 saturated heterocycles. The molecule has 2 unspecified atom stereocenters. The van der Waals surface area contributed by atoms with E-state index >= 15 is 0 Å². The summed E-state index contributed by atoms with van der Waals surface area (Å²) < 4.78 is 0. The number of hydrogen-bond acceptors (Lipinski definition) is 3. The van der Waals surface area contributed by atoms with Gasteiger partial charge in [-0.05, 0) is 41.8 Å². The monoisotopic (exact) mass is 338 g/mol. The van der Waals surface area contributed by atoms with Crippen molar-refractivity contribution in [3.05, 3.63) is 75.8 Å². The maximum Gasteiger partial charge on any atom is 0.269 e. The zero-order valence-electron chi connectivity index (χ0n) is 15.0. The lowest BCUT2D eigenvalue weighted by Crippen LogP contribution is -2.47. The van der Waals surface area contributed by atoms with Crippen molar-refractivity contribution in [1.29, 1.82) is 0 Å². The van der Waals surface area contributed by atoms with Crippen LogP contribution < -0.4 is 0 Å². The molecule has 0 N–H and O–H groups in total. The lowest BCUT2D eigenvalue weighted by Gasteiger charge is -2.45. The van der Waals surface area contributed by atoms with Gasteiger partial charge in [0, 0.05) is 25.2 Å². The third kappa shape index (κ3) is 3.90. The third-order valence-corrected chi connectivity index (χ3v) is 5.86. The fraction of sp³-hybridized carbons (Fsp3) is 0.429. The highest BCUT2D eigenvalue weighted by Gasteiger charge is 2.37. The Balaban J connectivity index is 1.57. The van der Waals surface area contributed by atoms with Crippen molar-refractivity contribution < 1.29 is 4.92 Å². The number of rotatable bonds is 5. The Morgan fingerprint density at radius 2 is 1.84 bits per heavy atom. The van der Waals surface area contributed by atoms with Crippen LogP contribution in [0.1, 0.15) is 31.4 Å². The molecular weight excluding hydrogens is 312 g/mol. The quantitative estimate of drug-likeness (QED) is 0.598. The fourth-order valence-electron chi connectivity index (χ4n) is 3.84. The highest BCUT2D eigenvalue weighted by molar-refractivity contribution is 5.33. The molecule has 25 heavy (non-hydrogen) atoms. The van der Waals surface area contributed by atoms with Gasteiger partial charge in [0.2, 0.25) is 0 Å². The summed E-state index contributed by atoms with van der Waals surface area (Å²) in [6.45, 7) is 7.94. The van der Waals surface area contributed by atoms with Crippen molar-refractivity contribution in [2.45, 2.75) is 32.1 Å². The number of nitro groups is 1. The van der Waals surface area contributed by atoms with Crippen LogP contribution in [0.25, 0.3) is 0 Å². The number of non-ortho nitro benzene ring substituents is 1. The number of nitro benzene ring substituents is 1. The number of benzene rings is 2. The Kier molecular flexibility index (Phi) is 5.19. The second-order valence-corrected chi connectivity index (χ2v) is 7.41. The SMILES string of the molecule is CC1CN(CCc2ccc([N+](=O)[O-])cc2)CCC1(C)c1ccccc1. The van der Waals surface area contributed by atoms with Gasteiger partial charge in [-0.15, -0.1) is 0 Å². The maximum absolute atomic E-state index is 10.7. The molecular formula is C21H26N2O2. The van der Waals surface area contributed by atoms with E-state index in [2.05, 4.69) is 49.1 Å². The Bertz CT molecular complexity index is 714. The molecule has 2 atom stereocenters. The van der Waals surface area contributed by atoms with Gasteiger partial charge in [0.05, 0.1) is 4.92 Å². The second-order valence-electron chi connectivity index (χ2n) is 7.41. The van der Waals surface area contributed by atoms with E-state index in [1.54, 1.807) is 12.1 Å². The summed E-state index contributed by atoms with van der Waals surface area (Å²) in [4.78, 5) is 12.9. The van der Waals surface area contributed by atoms with E-state index in [9.17, 15) is 10.1 Å². The van der Waals surface area contributed by atoms with Gasteiger partial charge in [0.1, 0.15) is 0 Å². The first-order chi connectivity index (χ1) is 12.0. The first-order valence-electron chi connectivity index (χ1n) is 9.00. The van der Waals surface area contributed by atoms with Crippen LogP contribution in [0, 0.1) is 16.0 Å². The first kappa shape index (κ1) is 17.6. The molecule has 1 aliphatic rings. The van der Waals surface area contributed by atoms with E-state index in [0.29, 0.717) is 5.92 Å². The first-order valence-corrected chi connectivity index (χ1v) is 9.00. The molecule has 2 aromatic carbocycles. The summed E-state index contributed by atoms with van der Waals surface area (Å²) in [6.07, 6.45) is 2.10. The molecule has 0 spiro atoms. The molecule has 0 bridgehead atoms. The van der Waals surface area contributed by atoms with E-state index in [4.69, 9.17) is 0 Å². The van der Waals surface area contributed by atoms with Gasteiger partial charge in [0.15, 0.2) is 0 Å². The van der Waals surface area contributed by atoms with Crippen LogP contribution in [0.4, 0.5) is 5.69 Å². The average Bonchev–Trinajstić information content (AvgIpc) is 2.64. The molecule has 4 heteroatoms. The van der Waals surface area contributed by atoms with Gasteiger partial charge < -0.3 is 4.90 Å². The summed E-state index contributed by atoms with van der Waals surface area (Å²) in [5, 5.41) is 10.7. The molecule has 0 saturated carbocycles. The van der Waals surface area contributed by atoms with Crippen LogP contribution in [0.3, 0.4) is 0 Å². The van der Waals surface area contributed by atoms with Crippen LogP contribution in [0.15, 0.2) is 54.6 Å². The minimum absolute atomic E-state index is 0.161. The molecule has 0 amide bonds. The van der Waals surface area contributed by atoms with Gasteiger partial charge in [0.25, 0.3) is 5.69 Å². The van der Waals surface area contributed by atoms with Gasteiger partial charge in [-0.1, -0.05) is 56.3 Å². The van der Waals surface area contributed by atoms with Crippen LogP contribution >= 0.6 is 0 Å². The Hall–Kier alpha value is -2.20. The van der Waals surface area contributed by atoms with Crippen molar-refractivity contribution >= 4 is 5.69 Å². The van der Waals surface area contributed by atoms with Crippen molar-refractivity contribution in [2.24, 2.45) is 5.92 Å². The van der Waals surface area contributed by atoms with Crippen molar-refractivity contribution in [1.82, 2.24) is 4.90 Å². The predicted molar refractivity (Wildman–Crippen MR) is 101 cm³/mol. The maximum atomic E-state index is 10.7. The molecule has 4 nitrogen and oxygen atoms in total. The van der Waals surface area contributed by atoms with Crippen molar-refractivity contribution in [3.8, 4) is 0 Å². The van der Waals surface area contributed by atoms with Crippen LogP contribution in [0.5, 0.6) is 0 Å². The standard InChI is InChI=1S/C21H26N2O2/c1-17-16-22(14-12-18-8-10-20(11-9-18)23(24)25)15-13-21(17,2)19-6-4-3-5-7-19/h3-11,17H,12-16H2,1-2H3. The largest absolute Gasteiger partial charge is 0.303 e. The Morgan fingerprint density at radius 3 is 2.44 bits per heavy atom. The van der Waals surface area contributed by atoms with Gasteiger partial charge in [-0.3, -0.25) is 10.1 Å². The van der Waals surface area contributed by atoms with E-state index in [0.717, 1.165) is 31.6 Å².